The number of carbonyl (C=O) groups is 2. The van der Waals surface area contributed by atoms with Crippen molar-refractivity contribution < 1.29 is 19.1 Å². The van der Waals surface area contributed by atoms with E-state index in [9.17, 15) is 9.59 Å². The minimum absolute atomic E-state index is 0.263. The Balaban J connectivity index is 1.55. The van der Waals surface area contributed by atoms with Crippen LogP contribution in [0.1, 0.15) is 22.8 Å². The van der Waals surface area contributed by atoms with Crippen LogP contribution in [0, 0.1) is 11.3 Å². The van der Waals surface area contributed by atoms with Gasteiger partial charge in [-0.05, 0) is 79.7 Å². The summed E-state index contributed by atoms with van der Waals surface area (Å²) >= 11 is 0. The first-order chi connectivity index (χ1) is 15.0. The molecule has 0 fully saturated rings. The highest BCUT2D eigenvalue weighted by Gasteiger charge is 2.15. The zero-order valence-corrected chi connectivity index (χ0v) is 17.1. The second kappa shape index (κ2) is 9.94. The Kier molecular flexibility index (Phi) is 6.86. The number of nitrogens with one attached hydrogen (secondary N) is 2. The minimum Gasteiger partial charge on any atom is -0.497 e. The molecule has 31 heavy (non-hydrogen) atoms. The number of hydrogen-bond acceptors (Lipinski definition) is 5. The first kappa shape index (κ1) is 21.4. The molecule has 0 aliphatic carbocycles. The third-order valence-electron chi connectivity index (χ3n) is 4.43. The number of nitrogens with zero attached hydrogens (tertiary/aromatic N) is 1. The molecule has 1 atom stereocenters. The highest BCUT2D eigenvalue weighted by Crippen LogP contribution is 2.18. The molecule has 7 nitrogen and oxygen atoms in total. The molecule has 7 heteroatoms. The van der Waals surface area contributed by atoms with Gasteiger partial charge in [-0.2, -0.15) is 5.26 Å². The summed E-state index contributed by atoms with van der Waals surface area (Å²) in [6, 6.07) is 22.1. The van der Waals surface area contributed by atoms with Gasteiger partial charge in [0, 0.05) is 16.9 Å². The van der Waals surface area contributed by atoms with Crippen LogP contribution >= 0.6 is 0 Å². The molecule has 0 saturated heterocycles. The Morgan fingerprint density at radius 3 is 1.97 bits per heavy atom. The lowest BCUT2D eigenvalue weighted by Gasteiger charge is -2.15. The lowest BCUT2D eigenvalue weighted by Crippen LogP contribution is -2.30. The second-order valence-electron chi connectivity index (χ2n) is 6.65. The lowest BCUT2D eigenvalue weighted by molar-refractivity contribution is -0.122. The molecule has 0 radical (unpaired) electrons. The van der Waals surface area contributed by atoms with Gasteiger partial charge in [-0.15, -0.1) is 0 Å². The summed E-state index contributed by atoms with van der Waals surface area (Å²) in [6.45, 7) is 1.63. The van der Waals surface area contributed by atoms with E-state index in [2.05, 4.69) is 10.6 Å². The molecule has 0 aromatic heterocycles. The van der Waals surface area contributed by atoms with Gasteiger partial charge in [0.2, 0.25) is 0 Å². The summed E-state index contributed by atoms with van der Waals surface area (Å²) in [6.07, 6.45) is -0.744. The van der Waals surface area contributed by atoms with Gasteiger partial charge >= 0.3 is 0 Å². The monoisotopic (exact) mass is 415 g/mol. The van der Waals surface area contributed by atoms with Crippen LogP contribution in [-0.4, -0.2) is 25.0 Å². The first-order valence-corrected chi connectivity index (χ1v) is 9.51. The lowest BCUT2D eigenvalue weighted by atomic mass is 10.2. The van der Waals surface area contributed by atoms with E-state index in [4.69, 9.17) is 14.7 Å². The molecule has 2 N–H and O–H groups in total. The van der Waals surface area contributed by atoms with E-state index in [1.54, 1.807) is 86.8 Å². The molecule has 0 saturated carbocycles. The molecule has 3 aromatic carbocycles. The Morgan fingerprint density at radius 1 is 0.839 bits per heavy atom. The summed E-state index contributed by atoms with van der Waals surface area (Å²) in [7, 11) is 1.58. The van der Waals surface area contributed by atoms with Gasteiger partial charge in [0.1, 0.15) is 11.5 Å². The van der Waals surface area contributed by atoms with E-state index in [1.807, 2.05) is 6.07 Å². The van der Waals surface area contributed by atoms with Crippen molar-refractivity contribution in [2.75, 3.05) is 17.7 Å². The zero-order valence-electron chi connectivity index (χ0n) is 17.1. The quantitative estimate of drug-likeness (QED) is 0.602. The predicted octanol–water partition coefficient (Wildman–Crippen LogP) is 4.23. The van der Waals surface area contributed by atoms with Crippen molar-refractivity contribution in [1.82, 2.24) is 0 Å². The molecule has 2 amide bonds. The maximum absolute atomic E-state index is 12.4. The van der Waals surface area contributed by atoms with Crippen LogP contribution in [0.25, 0.3) is 0 Å². The first-order valence-electron chi connectivity index (χ1n) is 9.51. The fourth-order valence-electron chi connectivity index (χ4n) is 2.69. The Morgan fingerprint density at radius 2 is 1.39 bits per heavy atom. The molecule has 1 unspecified atom stereocenters. The van der Waals surface area contributed by atoms with Crippen molar-refractivity contribution in [3.63, 3.8) is 0 Å². The van der Waals surface area contributed by atoms with Crippen molar-refractivity contribution >= 4 is 23.2 Å². The molecule has 0 spiro atoms. The third kappa shape index (κ3) is 5.84. The van der Waals surface area contributed by atoms with Gasteiger partial charge in [-0.25, -0.2) is 0 Å². The Hall–Kier alpha value is -4.31. The van der Waals surface area contributed by atoms with Crippen molar-refractivity contribution in [3.8, 4) is 17.6 Å². The summed E-state index contributed by atoms with van der Waals surface area (Å²) in [5.41, 5.74) is 2.16. The second-order valence-corrected chi connectivity index (χ2v) is 6.65. The van der Waals surface area contributed by atoms with Crippen molar-refractivity contribution in [2.45, 2.75) is 13.0 Å². The number of ether oxygens (including phenoxy) is 2. The average molecular weight is 415 g/mol. The smallest absolute Gasteiger partial charge is 0.265 e. The minimum atomic E-state index is -0.744. The zero-order chi connectivity index (χ0) is 22.2. The van der Waals surface area contributed by atoms with E-state index in [-0.39, 0.29) is 11.8 Å². The predicted molar refractivity (Wildman–Crippen MR) is 117 cm³/mol. The number of amides is 2. The van der Waals surface area contributed by atoms with Crippen LogP contribution in [0.15, 0.2) is 72.8 Å². The number of benzene rings is 3. The number of anilines is 2. The number of hydrogen-bond donors (Lipinski definition) is 2. The maximum atomic E-state index is 12.4. The van der Waals surface area contributed by atoms with Crippen molar-refractivity contribution in [3.05, 3.63) is 83.9 Å². The number of carbonyl (C=O) groups excluding carboxylic acids is 2. The number of nitriles is 1. The standard InChI is InChI=1S/C24H21N3O4/c1-16(31-22-11-3-17(15-25)4-12-22)23(28)26-19-7-5-18(6-8-19)24(29)27-20-9-13-21(30-2)14-10-20/h3-14,16H,1-2H3,(H,26,28)(H,27,29). The van der Waals surface area contributed by atoms with Gasteiger partial charge in [-0.3, -0.25) is 9.59 Å². The largest absolute Gasteiger partial charge is 0.497 e. The summed E-state index contributed by atoms with van der Waals surface area (Å²) in [5.74, 6) is 0.600. The maximum Gasteiger partial charge on any atom is 0.265 e. The van der Waals surface area contributed by atoms with Gasteiger partial charge in [0.15, 0.2) is 6.10 Å². The van der Waals surface area contributed by atoms with E-state index in [0.717, 1.165) is 0 Å². The van der Waals surface area contributed by atoms with Gasteiger partial charge in [-0.1, -0.05) is 0 Å². The molecule has 0 heterocycles. The summed E-state index contributed by atoms with van der Waals surface area (Å²) in [4.78, 5) is 24.8. The van der Waals surface area contributed by atoms with Crippen LogP contribution in [0.2, 0.25) is 0 Å². The fraction of sp³-hybridized carbons (Fsp3) is 0.125. The third-order valence-corrected chi connectivity index (χ3v) is 4.43. The molecule has 3 aromatic rings. The highest BCUT2D eigenvalue weighted by atomic mass is 16.5. The molecule has 156 valence electrons. The molecular formula is C24H21N3O4. The highest BCUT2D eigenvalue weighted by molar-refractivity contribution is 6.04. The van der Waals surface area contributed by atoms with Gasteiger partial charge in [0.05, 0.1) is 18.7 Å². The number of methoxy groups -OCH3 is 1. The van der Waals surface area contributed by atoms with Crippen LogP contribution in [0.3, 0.4) is 0 Å². The van der Waals surface area contributed by atoms with Gasteiger partial charge in [0.25, 0.3) is 11.8 Å². The van der Waals surface area contributed by atoms with Crippen LogP contribution in [-0.2, 0) is 4.79 Å². The SMILES string of the molecule is COc1ccc(NC(=O)c2ccc(NC(=O)C(C)Oc3ccc(C#N)cc3)cc2)cc1. The molecule has 3 rings (SSSR count). The summed E-state index contributed by atoms with van der Waals surface area (Å²) in [5, 5.41) is 14.4. The van der Waals surface area contributed by atoms with Crippen LogP contribution in [0.5, 0.6) is 11.5 Å². The number of rotatable bonds is 7. The van der Waals surface area contributed by atoms with Crippen molar-refractivity contribution in [1.29, 1.82) is 5.26 Å². The summed E-state index contributed by atoms with van der Waals surface area (Å²) < 4.78 is 10.7. The average Bonchev–Trinajstić information content (AvgIpc) is 2.80. The van der Waals surface area contributed by atoms with Gasteiger partial charge < -0.3 is 20.1 Å². The molecule has 0 bridgehead atoms. The molecule has 0 aliphatic heterocycles. The Bertz CT molecular complexity index is 1090. The van der Waals surface area contributed by atoms with E-state index in [1.165, 1.54) is 0 Å². The fourth-order valence-corrected chi connectivity index (χ4v) is 2.69. The van der Waals surface area contributed by atoms with Crippen LogP contribution < -0.4 is 20.1 Å². The van der Waals surface area contributed by atoms with E-state index < -0.39 is 6.10 Å². The molecular weight excluding hydrogens is 394 g/mol. The molecule has 0 aliphatic rings. The van der Waals surface area contributed by atoms with E-state index in [0.29, 0.717) is 34.0 Å². The normalized spacial score (nSPS) is 11.0. The van der Waals surface area contributed by atoms with E-state index >= 15 is 0 Å². The Labute approximate surface area is 180 Å². The topological polar surface area (TPSA) is 100 Å². The van der Waals surface area contributed by atoms with Crippen molar-refractivity contribution in [2.24, 2.45) is 0 Å². The van der Waals surface area contributed by atoms with Crippen LogP contribution in [0.4, 0.5) is 11.4 Å².